The second-order valence-electron chi connectivity index (χ2n) is 10.5. The Morgan fingerprint density at radius 3 is 1.91 bits per heavy atom. The summed E-state index contributed by atoms with van der Waals surface area (Å²) in [7, 11) is 0. The summed E-state index contributed by atoms with van der Waals surface area (Å²) in [5, 5.41) is 14.6. The van der Waals surface area contributed by atoms with Gasteiger partial charge in [0, 0.05) is 6.54 Å². The van der Waals surface area contributed by atoms with E-state index < -0.39 is 85.0 Å². The SMILES string of the molecule is CSCCC(NC(=O)CNC(=O)C(CC(C)C)NC(=O)CN)C(=O)NCC(=O)NCC(=O)NCC(=O)N1CCCC1C(N)=O. The van der Waals surface area contributed by atoms with Crippen molar-refractivity contribution in [2.45, 2.75) is 57.7 Å². The Balaban J connectivity index is 2.50. The number of nitrogens with zero attached hydrogens (tertiary/aromatic N) is 1. The van der Waals surface area contributed by atoms with Crippen molar-refractivity contribution in [1.29, 1.82) is 0 Å². The van der Waals surface area contributed by atoms with Crippen LogP contribution in [0.15, 0.2) is 0 Å². The molecular formula is C26H45N9O8S. The maximum atomic E-state index is 12.7. The zero-order valence-electron chi connectivity index (χ0n) is 25.4. The maximum Gasteiger partial charge on any atom is 0.243 e. The fraction of sp³-hybridized carbons (Fsp3) is 0.692. The minimum Gasteiger partial charge on any atom is -0.368 e. The van der Waals surface area contributed by atoms with Gasteiger partial charge in [-0.25, -0.2) is 0 Å². The number of nitrogens with two attached hydrogens (primary N) is 2. The molecule has 8 amide bonds. The molecule has 3 unspecified atom stereocenters. The van der Waals surface area contributed by atoms with E-state index in [2.05, 4.69) is 31.9 Å². The van der Waals surface area contributed by atoms with Gasteiger partial charge in [-0.05, 0) is 43.6 Å². The number of amides is 8. The highest BCUT2D eigenvalue weighted by atomic mass is 32.2. The molecule has 0 aromatic heterocycles. The lowest BCUT2D eigenvalue weighted by Gasteiger charge is -2.22. The van der Waals surface area contributed by atoms with E-state index in [0.29, 0.717) is 31.6 Å². The molecular weight excluding hydrogens is 598 g/mol. The lowest BCUT2D eigenvalue weighted by atomic mass is 10.0. The number of carbonyl (C=O) groups excluding carboxylic acids is 8. The average Bonchev–Trinajstić information content (AvgIpc) is 3.48. The number of thioether (sulfide) groups is 1. The van der Waals surface area contributed by atoms with Gasteiger partial charge < -0.3 is 48.3 Å². The van der Waals surface area contributed by atoms with Gasteiger partial charge in [-0.15, -0.1) is 0 Å². The molecule has 0 aromatic carbocycles. The molecule has 0 saturated carbocycles. The lowest BCUT2D eigenvalue weighted by Crippen LogP contribution is -2.53. The third-order valence-corrected chi connectivity index (χ3v) is 7.08. The van der Waals surface area contributed by atoms with Gasteiger partial charge in [-0.1, -0.05) is 13.8 Å². The summed E-state index contributed by atoms with van der Waals surface area (Å²) < 4.78 is 0. The molecule has 18 heteroatoms. The fourth-order valence-electron chi connectivity index (χ4n) is 4.23. The molecule has 0 aromatic rings. The van der Waals surface area contributed by atoms with Gasteiger partial charge in [0.25, 0.3) is 0 Å². The van der Waals surface area contributed by atoms with Crippen LogP contribution in [0.25, 0.3) is 0 Å². The molecule has 0 radical (unpaired) electrons. The van der Waals surface area contributed by atoms with Crippen molar-refractivity contribution in [3.05, 3.63) is 0 Å². The Labute approximate surface area is 260 Å². The van der Waals surface area contributed by atoms with Crippen LogP contribution < -0.4 is 43.4 Å². The van der Waals surface area contributed by atoms with Crippen LogP contribution in [0.1, 0.15) is 39.5 Å². The predicted molar refractivity (Wildman–Crippen MR) is 161 cm³/mol. The van der Waals surface area contributed by atoms with Crippen molar-refractivity contribution in [2.24, 2.45) is 17.4 Å². The molecule has 1 rings (SSSR count). The molecule has 0 bridgehead atoms. The molecule has 1 aliphatic heterocycles. The molecule has 1 fully saturated rings. The van der Waals surface area contributed by atoms with E-state index in [0.717, 1.165) is 0 Å². The standard InChI is InChI=1S/C26H45N9O8S/c1-15(2)9-17(34-19(36)10-27)26(43)32-13-22(39)33-16(6-8-44-3)25(42)31-12-21(38)29-11-20(37)30-14-23(40)35-7-4-5-18(35)24(28)41/h15-18H,4-14,27H2,1-3H3,(H2,28,41)(H,29,38)(H,30,37)(H,31,42)(H,32,43)(H,33,39)(H,34,36). The quantitative estimate of drug-likeness (QED) is 0.0670. The van der Waals surface area contributed by atoms with Crippen molar-refractivity contribution >= 4 is 59.0 Å². The maximum absolute atomic E-state index is 12.7. The van der Waals surface area contributed by atoms with Crippen LogP contribution in [0.3, 0.4) is 0 Å². The number of carbonyl (C=O) groups is 8. The molecule has 248 valence electrons. The molecule has 0 aliphatic carbocycles. The summed E-state index contributed by atoms with van der Waals surface area (Å²) in [6.07, 6.45) is 3.47. The first-order valence-corrected chi connectivity index (χ1v) is 15.6. The highest BCUT2D eigenvalue weighted by Crippen LogP contribution is 2.16. The normalized spacial score (nSPS) is 15.5. The van der Waals surface area contributed by atoms with Crippen LogP contribution in [0, 0.1) is 5.92 Å². The van der Waals surface area contributed by atoms with Gasteiger partial charge in [-0.2, -0.15) is 11.8 Å². The van der Waals surface area contributed by atoms with Crippen LogP contribution in [-0.4, -0.2) is 122 Å². The summed E-state index contributed by atoms with van der Waals surface area (Å²) in [5.41, 5.74) is 10.6. The number of nitrogens with one attached hydrogen (secondary N) is 6. The number of hydrogen-bond donors (Lipinski definition) is 8. The zero-order valence-corrected chi connectivity index (χ0v) is 26.2. The molecule has 44 heavy (non-hydrogen) atoms. The van der Waals surface area contributed by atoms with Crippen molar-refractivity contribution < 1.29 is 38.4 Å². The first-order chi connectivity index (χ1) is 20.8. The smallest absolute Gasteiger partial charge is 0.243 e. The molecule has 0 spiro atoms. The number of hydrogen-bond acceptors (Lipinski definition) is 10. The van der Waals surface area contributed by atoms with E-state index >= 15 is 0 Å². The first-order valence-electron chi connectivity index (χ1n) is 14.2. The van der Waals surface area contributed by atoms with E-state index in [4.69, 9.17) is 11.5 Å². The van der Waals surface area contributed by atoms with Gasteiger partial charge in [0.1, 0.15) is 18.1 Å². The van der Waals surface area contributed by atoms with Crippen LogP contribution in [-0.2, 0) is 38.4 Å². The molecule has 10 N–H and O–H groups in total. The van der Waals surface area contributed by atoms with Crippen molar-refractivity contribution in [2.75, 3.05) is 51.3 Å². The van der Waals surface area contributed by atoms with Gasteiger partial charge in [0.2, 0.25) is 47.3 Å². The molecule has 1 aliphatic rings. The Morgan fingerprint density at radius 2 is 1.34 bits per heavy atom. The first kappa shape index (κ1) is 38.1. The van der Waals surface area contributed by atoms with Crippen molar-refractivity contribution in [1.82, 2.24) is 36.8 Å². The molecule has 17 nitrogen and oxygen atoms in total. The lowest BCUT2D eigenvalue weighted by molar-refractivity contribution is -0.137. The fourth-order valence-corrected chi connectivity index (χ4v) is 4.70. The average molecular weight is 644 g/mol. The second-order valence-corrected chi connectivity index (χ2v) is 11.5. The monoisotopic (exact) mass is 643 g/mol. The van der Waals surface area contributed by atoms with Crippen molar-refractivity contribution in [3.63, 3.8) is 0 Å². The number of likely N-dealkylation sites (tertiary alicyclic amines) is 1. The molecule has 1 saturated heterocycles. The highest BCUT2D eigenvalue weighted by molar-refractivity contribution is 7.98. The Morgan fingerprint density at radius 1 is 0.795 bits per heavy atom. The summed E-state index contributed by atoms with van der Waals surface area (Å²) in [6.45, 7) is 2.04. The number of rotatable bonds is 19. The van der Waals surface area contributed by atoms with E-state index in [9.17, 15) is 38.4 Å². The van der Waals surface area contributed by atoms with Gasteiger partial charge >= 0.3 is 0 Å². The van der Waals surface area contributed by atoms with Gasteiger partial charge in [0.05, 0.1) is 32.7 Å². The Hall–Kier alpha value is -3.93. The van der Waals surface area contributed by atoms with Crippen LogP contribution in [0.5, 0.6) is 0 Å². The second kappa shape index (κ2) is 20.1. The summed E-state index contributed by atoms with van der Waals surface area (Å²) in [6, 6.07) is -2.59. The van der Waals surface area contributed by atoms with Gasteiger partial charge in [-0.3, -0.25) is 38.4 Å². The van der Waals surface area contributed by atoms with E-state index in [1.54, 1.807) is 0 Å². The highest BCUT2D eigenvalue weighted by Gasteiger charge is 2.32. The van der Waals surface area contributed by atoms with Crippen LogP contribution in [0.4, 0.5) is 0 Å². The van der Waals surface area contributed by atoms with E-state index in [1.807, 2.05) is 20.1 Å². The van der Waals surface area contributed by atoms with Crippen molar-refractivity contribution in [3.8, 4) is 0 Å². The Bertz CT molecular complexity index is 1060. The predicted octanol–water partition coefficient (Wildman–Crippen LogP) is -4.35. The van der Waals surface area contributed by atoms with Crippen LogP contribution >= 0.6 is 11.8 Å². The third kappa shape index (κ3) is 14.5. The van der Waals surface area contributed by atoms with Crippen LogP contribution in [0.2, 0.25) is 0 Å². The van der Waals surface area contributed by atoms with E-state index in [-0.39, 0.29) is 25.4 Å². The largest absolute Gasteiger partial charge is 0.368 e. The minimum atomic E-state index is -1.01. The summed E-state index contributed by atoms with van der Waals surface area (Å²) in [4.78, 5) is 98.7. The number of primary amides is 1. The topological polar surface area (TPSA) is 264 Å². The zero-order chi connectivity index (χ0) is 33.2. The summed E-state index contributed by atoms with van der Waals surface area (Å²) in [5.74, 6) is -4.22. The molecule has 1 heterocycles. The summed E-state index contributed by atoms with van der Waals surface area (Å²) >= 11 is 1.44. The third-order valence-electron chi connectivity index (χ3n) is 6.44. The Kier molecular flexibility index (Phi) is 17.4. The van der Waals surface area contributed by atoms with Gasteiger partial charge in [0.15, 0.2) is 0 Å². The van der Waals surface area contributed by atoms with E-state index in [1.165, 1.54) is 16.7 Å². The molecule has 3 atom stereocenters. The minimum absolute atomic E-state index is 0.0745.